The molecule has 0 spiro atoms. The molecule has 0 aliphatic rings. The van der Waals surface area contributed by atoms with E-state index in [2.05, 4.69) is 10.6 Å². The molecule has 2 amide bonds. The lowest BCUT2D eigenvalue weighted by Crippen LogP contribution is -2.21. The number of furan rings is 1. The van der Waals surface area contributed by atoms with Gasteiger partial charge in [0.1, 0.15) is 0 Å². The second-order valence-electron chi connectivity index (χ2n) is 5.46. The third kappa shape index (κ3) is 4.22. The number of carbonyl (C=O) groups is 2. The Labute approximate surface area is 136 Å². The molecule has 0 atom stereocenters. The van der Waals surface area contributed by atoms with E-state index < -0.39 is 0 Å². The first-order valence-corrected chi connectivity index (χ1v) is 7.81. The Morgan fingerprint density at radius 3 is 2.43 bits per heavy atom. The van der Waals surface area contributed by atoms with Crippen LogP contribution in [0.5, 0.6) is 0 Å². The van der Waals surface area contributed by atoms with Gasteiger partial charge in [-0.05, 0) is 55.7 Å². The van der Waals surface area contributed by atoms with Crippen LogP contribution in [0.25, 0.3) is 0 Å². The number of aryl methyl sites for hydroxylation is 1. The summed E-state index contributed by atoms with van der Waals surface area (Å²) in [6.07, 6.45) is 3.09. The van der Waals surface area contributed by atoms with Gasteiger partial charge in [0.15, 0.2) is 5.76 Å². The van der Waals surface area contributed by atoms with E-state index in [1.165, 1.54) is 6.26 Å². The summed E-state index contributed by atoms with van der Waals surface area (Å²) in [5, 5.41) is 5.72. The van der Waals surface area contributed by atoms with Crippen LogP contribution in [0.1, 0.15) is 42.8 Å². The van der Waals surface area contributed by atoms with E-state index >= 15 is 0 Å². The van der Waals surface area contributed by atoms with Crippen LogP contribution in [0.15, 0.2) is 41.0 Å². The van der Waals surface area contributed by atoms with Crippen LogP contribution in [-0.4, -0.2) is 11.8 Å². The zero-order chi connectivity index (χ0) is 16.8. The van der Waals surface area contributed by atoms with Gasteiger partial charge in [0.2, 0.25) is 5.91 Å². The maximum Gasteiger partial charge on any atom is 0.291 e. The highest BCUT2D eigenvalue weighted by atomic mass is 16.3. The summed E-state index contributed by atoms with van der Waals surface area (Å²) in [5.74, 6) is 0.0119. The fourth-order valence-electron chi connectivity index (χ4n) is 2.38. The van der Waals surface area contributed by atoms with Gasteiger partial charge in [-0.2, -0.15) is 0 Å². The number of hydrogen-bond donors (Lipinski definition) is 2. The van der Waals surface area contributed by atoms with E-state index in [1.54, 1.807) is 24.3 Å². The normalized spacial score (nSPS) is 10.6. The molecule has 2 rings (SSSR count). The van der Waals surface area contributed by atoms with Crippen molar-refractivity contribution < 1.29 is 14.0 Å². The minimum atomic E-state index is -0.299. The molecule has 0 bridgehead atoms. The Bertz CT molecular complexity index is 674. The van der Waals surface area contributed by atoms with Crippen LogP contribution in [0.4, 0.5) is 11.4 Å². The van der Waals surface area contributed by atoms with Crippen molar-refractivity contribution in [1.29, 1.82) is 0 Å². The monoisotopic (exact) mass is 314 g/mol. The van der Waals surface area contributed by atoms with Gasteiger partial charge in [0.25, 0.3) is 5.91 Å². The lowest BCUT2D eigenvalue weighted by molar-refractivity contribution is -0.120. The minimum absolute atomic E-state index is 0.0219. The quantitative estimate of drug-likeness (QED) is 0.838. The molecule has 2 N–H and O–H groups in total. The average Bonchev–Trinajstić information content (AvgIpc) is 3.05. The first-order valence-electron chi connectivity index (χ1n) is 7.81. The van der Waals surface area contributed by atoms with E-state index in [0.717, 1.165) is 24.1 Å². The smallest absolute Gasteiger partial charge is 0.291 e. The molecule has 0 aliphatic carbocycles. The number of amides is 2. The molecule has 0 aliphatic heterocycles. The summed E-state index contributed by atoms with van der Waals surface area (Å²) in [7, 11) is 0. The first kappa shape index (κ1) is 16.8. The van der Waals surface area contributed by atoms with Crippen molar-refractivity contribution in [3.63, 3.8) is 0 Å². The zero-order valence-electron chi connectivity index (χ0n) is 13.7. The van der Waals surface area contributed by atoms with Gasteiger partial charge in [0.05, 0.1) is 6.26 Å². The zero-order valence-corrected chi connectivity index (χ0v) is 13.7. The molecular formula is C18H22N2O3. The molecule has 0 saturated carbocycles. The van der Waals surface area contributed by atoms with Gasteiger partial charge < -0.3 is 15.1 Å². The van der Waals surface area contributed by atoms with E-state index in [1.807, 2.05) is 26.8 Å². The molecule has 0 unspecified atom stereocenters. The number of nitrogens with one attached hydrogen (secondary N) is 2. The van der Waals surface area contributed by atoms with E-state index in [9.17, 15) is 9.59 Å². The Balaban J connectivity index is 2.06. The third-order valence-corrected chi connectivity index (χ3v) is 3.84. The highest BCUT2D eigenvalue weighted by Gasteiger charge is 2.15. The molecule has 0 fully saturated rings. The van der Waals surface area contributed by atoms with Gasteiger partial charge >= 0.3 is 0 Å². The van der Waals surface area contributed by atoms with Gasteiger partial charge in [-0.25, -0.2) is 0 Å². The summed E-state index contributed by atoms with van der Waals surface area (Å²) in [4.78, 5) is 24.1. The minimum Gasteiger partial charge on any atom is -0.459 e. The molecule has 0 saturated heterocycles. The number of anilines is 2. The predicted octanol–water partition coefficient (Wildman–Crippen LogP) is 4.22. The molecule has 23 heavy (non-hydrogen) atoms. The Morgan fingerprint density at radius 1 is 1.13 bits per heavy atom. The molecule has 122 valence electrons. The molecular weight excluding hydrogens is 292 g/mol. The van der Waals surface area contributed by atoms with Crippen molar-refractivity contribution in [2.45, 2.75) is 33.6 Å². The first-order chi connectivity index (χ1) is 11.0. The lowest BCUT2D eigenvalue weighted by atomic mass is 10.0. The van der Waals surface area contributed by atoms with Crippen molar-refractivity contribution in [2.24, 2.45) is 5.92 Å². The summed E-state index contributed by atoms with van der Waals surface area (Å²) < 4.78 is 5.07. The molecule has 1 heterocycles. The largest absolute Gasteiger partial charge is 0.459 e. The van der Waals surface area contributed by atoms with Crippen molar-refractivity contribution >= 4 is 23.2 Å². The molecule has 5 nitrogen and oxygen atoms in total. The Hall–Kier alpha value is -2.56. The van der Waals surface area contributed by atoms with Crippen LogP contribution in [0, 0.1) is 12.8 Å². The fraction of sp³-hybridized carbons (Fsp3) is 0.333. The lowest BCUT2D eigenvalue weighted by Gasteiger charge is -2.14. The van der Waals surface area contributed by atoms with Crippen molar-refractivity contribution in [3.8, 4) is 0 Å². The average molecular weight is 314 g/mol. The second-order valence-corrected chi connectivity index (χ2v) is 5.46. The molecule has 0 radical (unpaired) electrons. The van der Waals surface area contributed by atoms with E-state index in [-0.39, 0.29) is 23.5 Å². The highest BCUT2D eigenvalue weighted by molar-refractivity contribution is 6.03. The number of rotatable bonds is 6. The summed E-state index contributed by atoms with van der Waals surface area (Å²) in [5.41, 5.74) is 2.29. The van der Waals surface area contributed by atoms with Crippen molar-refractivity contribution in [1.82, 2.24) is 0 Å². The summed E-state index contributed by atoms with van der Waals surface area (Å²) in [6, 6.07) is 8.68. The maximum atomic E-state index is 12.1. The standard InChI is InChI=1S/C18H22N2O3/c1-4-13(5-2)17(21)19-14-8-9-15(12(3)11-14)20-18(22)16-7-6-10-23-16/h6-11,13H,4-5H2,1-3H3,(H,19,21)(H,20,22). The second kappa shape index (κ2) is 7.63. The molecule has 5 heteroatoms. The van der Waals surface area contributed by atoms with Crippen LogP contribution in [0.2, 0.25) is 0 Å². The molecule has 1 aromatic carbocycles. The van der Waals surface area contributed by atoms with Gasteiger partial charge in [-0.3, -0.25) is 9.59 Å². The van der Waals surface area contributed by atoms with E-state index in [4.69, 9.17) is 4.42 Å². The van der Waals surface area contributed by atoms with Crippen LogP contribution < -0.4 is 10.6 Å². The third-order valence-electron chi connectivity index (χ3n) is 3.84. The van der Waals surface area contributed by atoms with E-state index in [0.29, 0.717) is 5.69 Å². The Morgan fingerprint density at radius 2 is 1.87 bits per heavy atom. The maximum absolute atomic E-state index is 12.1. The van der Waals surface area contributed by atoms with Gasteiger partial charge in [0, 0.05) is 17.3 Å². The summed E-state index contributed by atoms with van der Waals surface area (Å²) in [6.45, 7) is 5.89. The van der Waals surface area contributed by atoms with Crippen molar-refractivity contribution in [2.75, 3.05) is 10.6 Å². The molecule has 2 aromatic rings. The number of benzene rings is 1. The predicted molar refractivity (Wildman–Crippen MR) is 90.5 cm³/mol. The molecule has 1 aromatic heterocycles. The SMILES string of the molecule is CCC(CC)C(=O)Nc1ccc(NC(=O)c2ccco2)c(C)c1. The van der Waals surface area contributed by atoms with Gasteiger partial charge in [-0.15, -0.1) is 0 Å². The van der Waals surface area contributed by atoms with Gasteiger partial charge in [-0.1, -0.05) is 13.8 Å². The summed E-state index contributed by atoms with van der Waals surface area (Å²) >= 11 is 0. The van der Waals surface area contributed by atoms with Crippen LogP contribution in [0.3, 0.4) is 0 Å². The number of hydrogen-bond acceptors (Lipinski definition) is 3. The number of carbonyl (C=O) groups excluding carboxylic acids is 2. The van der Waals surface area contributed by atoms with Crippen LogP contribution in [-0.2, 0) is 4.79 Å². The van der Waals surface area contributed by atoms with Crippen molar-refractivity contribution in [3.05, 3.63) is 47.9 Å². The fourth-order valence-corrected chi connectivity index (χ4v) is 2.38. The Kier molecular flexibility index (Phi) is 5.57. The topological polar surface area (TPSA) is 71.3 Å². The highest BCUT2D eigenvalue weighted by Crippen LogP contribution is 2.21. The van der Waals surface area contributed by atoms with Crippen LogP contribution >= 0.6 is 0 Å².